The molecule has 98 valence electrons. The van der Waals surface area contributed by atoms with Crippen LogP contribution < -0.4 is 5.32 Å². The second-order valence-electron chi connectivity index (χ2n) is 3.97. The topological polar surface area (TPSA) is 49.3 Å². The zero-order valence-electron chi connectivity index (χ0n) is 9.86. The second kappa shape index (κ2) is 5.71. The Labute approximate surface area is 114 Å². The SMILES string of the molecule is O=C(O)c1ccc(F)c(CNc2ccc(Cl)cc2)c1. The highest BCUT2D eigenvalue weighted by Crippen LogP contribution is 2.16. The first-order chi connectivity index (χ1) is 9.06. The molecule has 0 aliphatic carbocycles. The van der Waals surface area contributed by atoms with Crippen molar-refractivity contribution in [3.8, 4) is 0 Å². The molecule has 19 heavy (non-hydrogen) atoms. The summed E-state index contributed by atoms with van der Waals surface area (Å²) in [5, 5.41) is 12.5. The summed E-state index contributed by atoms with van der Waals surface area (Å²) < 4.78 is 13.5. The molecule has 5 heteroatoms. The molecule has 2 rings (SSSR count). The summed E-state index contributed by atoms with van der Waals surface area (Å²) in [4.78, 5) is 10.8. The molecule has 0 unspecified atom stereocenters. The van der Waals surface area contributed by atoms with Crippen molar-refractivity contribution in [3.63, 3.8) is 0 Å². The van der Waals surface area contributed by atoms with Crippen molar-refractivity contribution >= 4 is 23.3 Å². The Kier molecular flexibility index (Phi) is 4.02. The number of carboxylic acid groups (broad SMARTS) is 1. The van der Waals surface area contributed by atoms with E-state index in [0.29, 0.717) is 10.6 Å². The molecule has 0 atom stereocenters. The Balaban J connectivity index is 2.12. The van der Waals surface area contributed by atoms with E-state index in [2.05, 4.69) is 5.32 Å². The highest BCUT2D eigenvalue weighted by atomic mass is 35.5. The van der Waals surface area contributed by atoms with E-state index in [1.54, 1.807) is 24.3 Å². The molecular weight excluding hydrogens is 269 g/mol. The Morgan fingerprint density at radius 2 is 1.89 bits per heavy atom. The number of carboxylic acids is 1. The monoisotopic (exact) mass is 279 g/mol. The first-order valence-corrected chi connectivity index (χ1v) is 5.95. The van der Waals surface area contributed by atoms with Crippen LogP contribution in [0, 0.1) is 5.82 Å². The summed E-state index contributed by atoms with van der Waals surface area (Å²) in [6.45, 7) is 0.203. The number of aromatic carboxylic acids is 1. The van der Waals surface area contributed by atoms with Crippen LogP contribution in [0.3, 0.4) is 0 Å². The lowest BCUT2D eigenvalue weighted by Crippen LogP contribution is -2.04. The summed E-state index contributed by atoms with van der Waals surface area (Å²) in [6.07, 6.45) is 0. The van der Waals surface area contributed by atoms with E-state index >= 15 is 0 Å². The Morgan fingerprint density at radius 1 is 1.21 bits per heavy atom. The number of anilines is 1. The maximum Gasteiger partial charge on any atom is 0.335 e. The zero-order valence-corrected chi connectivity index (χ0v) is 10.6. The third-order valence-electron chi connectivity index (χ3n) is 2.62. The van der Waals surface area contributed by atoms with Crippen molar-refractivity contribution in [2.24, 2.45) is 0 Å². The van der Waals surface area contributed by atoms with Crippen molar-refractivity contribution in [1.29, 1.82) is 0 Å². The van der Waals surface area contributed by atoms with E-state index in [9.17, 15) is 9.18 Å². The smallest absolute Gasteiger partial charge is 0.335 e. The number of carbonyl (C=O) groups is 1. The van der Waals surface area contributed by atoms with Crippen LogP contribution in [0.15, 0.2) is 42.5 Å². The molecule has 0 amide bonds. The van der Waals surface area contributed by atoms with Crippen molar-refractivity contribution in [1.82, 2.24) is 0 Å². The maximum atomic E-state index is 13.5. The standard InChI is InChI=1S/C14H11ClFNO2/c15-11-2-4-12(5-3-11)17-8-10-7-9(14(18)19)1-6-13(10)16/h1-7,17H,8H2,(H,18,19). The van der Waals surface area contributed by atoms with Gasteiger partial charge in [-0.2, -0.15) is 0 Å². The number of hydrogen-bond acceptors (Lipinski definition) is 2. The lowest BCUT2D eigenvalue weighted by Gasteiger charge is -2.08. The Hall–Kier alpha value is -2.07. The summed E-state index contributed by atoms with van der Waals surface area (Å²) in [5.74, 6) is -1.51. The highest BCUT2D eigenvalue weighted by molar-refractivity contribution is 6.30. The first kappa shape index (κ1) is 13.4. The summed E-state index contributed by atoms with van der Waals surface area (Å²) in [5.41, 5.74) is 1.15. The van der Waals surface area contributed by atoms with Crippen molar-refractivity contribution < 1.29 is 14.3 Å². The fourth-order valence-corrected chi connectivity index (χ4v) is 1.73. The number of hydrogen-bond donors (Lipinski definition) is 2. The molecule has 0 saturated carbocycles. The molecule has 0 aromatic heterocycles. The largest absolute Gasteiger partial charge is 0.478 e. The predicted octanol–water partition coefficient (Wildman–Crippen LogP) is 3.79. The number of halogens is 2. The van der Waals surface area contributed by atoms with Gasteiger partial charge in [0.05, 0.1) is 5.56 Å². The van der Waals surface area contributed by atoms with Crippen LogP contribution >= 0.6 is 11.6 Å². The summed E-state index contributed by atoms with van der Waals surface area (Å²) >= 11 is 5.76. The van der Waals surface area contributed by atoms with Gasteiger partial charge in [-0.1, -0.05) is 11.6 Å². The van der Waals surface area contributed by atoms with Crippen LogP contribution in [0.2, 0.25) is 5.02 Å². The predicted molar refractivity (Wildman–Crippen MR) is 72.1 cm³/mol. The van der Waals surface area contributed by atoms with Crippen LogP contribution in [0.5, 0.6) is 0 Å². The molecule has 2 aromatic carbocycles. The fraction of sp³-hybridized carbons (Fsp3) is 0.0714. The van der Waals surface area contributed by atoms with Crippen LogP contribution in [0.25, 0.3) is 0 Å². The van der Waals surface area contributed by atoms with Gasteiger partial charge >= 0.3 is 5.97 Å². The van der Waals surface area contributed by atoms with Gasteiger partial charge in [0.25, 0.3) is 0 Å². The van der Waals surface area contributed by atoms with Gasteiger partial charge in [0.1, 0.15) is 5.82 Å². The number of rotatable bonds is 4. The average Bonchev–Trinajstić information content (AvgIpc) is 2.39. The lowest BCUT2D eigenvalue weighted by atomic mass is 10.1. The third kappa shape index (κ3) is 3.45. The molecule has 2 N–H and O–H groups in total. The molecule has 0 spiro atoms. The summed E-state index contributed by atoms with van der Waals surface area (Å²) in [6, 6.07) is 10.7. The Bertz CT molecular complexity index is 599. The van der Waals surface area contributed by atoms with Crippen molar-refractivity contribution in [2.75, 3.05) is 5.32 Å². The van der Waals surface area contributed by atoms with Gasteiger partial charge in [-0.25, -0.2) is 9.18 Å². The lowest BCUT2D eigenvalue weighted by molar-refractivity contribution is 0.0696. The van der Waals surface area contributed by atoms with Crippen LogP contribution in [0.4, 0.5) is 10.1 Å². The average molecular weight is 280 g/mol. The van der Waals surface area contributed by atoms with Crippen LogP contribution in [-0.2, 0) is 6.54 Å². The molecule has 0 heterocycles. The van der Waals surface area contributed by atoms with E-state index in [-0.39, 0.29) is 12.1 Å². The van der Waals surface area contributed by atoms with Gasteiger partial charge < -0.3 is 10.4 Å². The molecule has 0 bridgehead atoms. The summed E-state index contributed by atoms with van der Waals surface area (Å²) in [7, 11) is 0. The normalized spacial score (nSPS) is 10.2. The van der Waals surface area contributed by atoms with Gasteiger partial charge in [0.15, 0.2) is 0 Å². The molecule has 0 fully saturated rings. The van der Waals surface area contributed by atoms with E-state index < -0.39 is 11.8 Å². The number of benzene rings is 2. The first-order valence-electron chi connectivity index (χ1n) is 5.57. The number of nitrogens with one attached hydrogen (secondary N) is 1. The van der Waals surface area contributed by atoms with E-state index in [0.717, 1.165) is 11.8 Å². The minimum atomic E-state index is -1.08. The Morgan fingerprint density at radius 3 is 2.53 bits per heavy atom. The molecule has 2 aromatic rings. The zero-order chi connectivity index (χ0) is 13.8. The minimum Gasteiger partial charge on any atom is -0.478 e. The molecular formula is C14H11ClFNO2. The van der Waals surface area contributed by atoms with Gasteiger partial charge in [0, 0.05) is 22.8 Å². The van der Waals surface area contributed by atoms with Crippen LogP contribution in [-0.4, -0.2) is 11.1 Å². The molecule has 3 nitrogen and oxygen atoms in total. The highest BCUT2D eigenvalue weighted by Gasteiger charge is 2.08. The van der Waals surface area contributed by atoms with Gasteiger partial charge in [0.2, 0.25) is 0 Å². The van der Waals surface area contributed by atoms with Gasteiger partial charge in [-0.3, -0.25) is 0 Å². The third-order valence-corrected chi connectivity index (χ3v) is 2.87. The second-order valence-corrected chi connectivity index (χ2v) is 4.41. The molecule has 0 aliphatic rings. The van der Waals surface area contributed by atoms with E-state index in [1.807, 2.05) is 0 Å². The molecule has 0 radical (unpaired) electrons. The quantitative estimate of drug-likeness (QED) is 0.895. The maximum absolute atomic E-state index is 13.5. The van der Waals surface area contributed by atoms with Crippen molar-refractivity contribution in [2.45, 2.75) is 6.54 Å². The molecule has 0 saturated heterocycles. The minimum absolute atomic E-state index is 0.0642. The van der Waals surface area contributed by atoms with Gasteiger partial charge in [-0.05, 0) is 42.5 Å². The van der Waals surface area contributed by atoms with Crippen molar-refractivity contribution in [3.05, 3.63) is 64.4 Å². The molecule has 0 aliphatic heterocycles. The van der Waals surface area contributed by atoms with E-state index in [1.165, 1.54) is 12.1 Å². The van der Waals surface area contributed by atoms with Crippen LogP contribution in [0.1, 0.15) is 15.9 Å². The van der Waals surface area contributed by atoms with E-state index in [4.69, 9.17) is 16.7 Å². The van der Waals surface area contributed by atoms with Gasteiger partial charge in [-0.15, -0.1) is 0 Å². The fourth-order valence-electron chi connectivity index (χ4n) is 1.61.